The van der Waals surface area contributed by atoms with Gasteiger partial charge in [0.1, 0.15) is 17.7 Å². The van der Waals surface area contributed by atoms with E-state index in [1.807, 2.05) is 0 Å². The van der Waals surface area contributed by atoms with Crippen LogP contribution in [0.3, 0.4) is 0 Å². The van der Waals surface area contributed by atoms with Crippen molar-refractivity contribution in [1.82, 2.24) is 19.3 Å². The second-order valence-electron chi connectivity index (χ2n) is 8.22. The fourth-order valence-electron chi connectivity index (χ4n) is 4.21. The maximum absolute atomic E-state index is 15.0. The number of benzene rings is 2. The zero-order chi connectivity index (χ0) is 24.6. The van der Waals surface area contributed by atoms with Crippen molar-refractivity contribution in [2.24, 2.45) is 0 Å². The third kappa shape index (κ3) is 4.68. The first-order valence-corrected chi connectivity index (χ1v) is 12.4. The van der Waals surface area contributed by atoms with Crippen molar-refractivity contribution in [3.05, 3.63) is 66.5 Å². The minimum atomic E-state index is -3.76. The Kier molecular flexibility index (Phi) is 6.11. The second kappa shape index (κ2) is 9.23. The molecular formula is C22H22F2N6O4S. The molecule has 2 aliphatic heterocycles. The lowest BCUT2D eigenvalue weighted by Gasteiger charge is -2.35. The Bertz CT molecular complexity index is 1310. The molecule has 3 aromatic rings. The predicted molar refractivity (Wildman–Crippen MR) is 121 cm³/mol. The van der Waals surface area contributed by atoms with Crippen LogP contribution in [0.25, 0.3) is 0 Å². The van der Waals surface area contributed by atoms with Crippen molar-refractivity contribution in [3.8, 4) is 0 Å². The van der Waals surface area contributed by atoms with Gasteiger partial charge in [0.15, 0.2) is 0 Å². The third-order valence-electron chi connectivity index (χ3n) is 6.01. The van der Waals surface area contributed by atoms with E-state index in [1.54, 1.807) is 27.9 Å². The van der Waals surface area contributed by atoms with Crippen LogP contribution in [-0.4, -0.2) is 72.6 Å². The summed E-state index contributed by atoms with van der Waals surface area (Å²) < 4.78 is 62.0. The molecule has 2 saturated heterocycles. The molecule has 2 aromatic carbocycles. The molecule has 0 spiro atoms. The van der Waals surface area contributed by atoms with Crippen molar-refractivity contribution in [3.63, 3.8) is 0 Å². The van der Waals surface area contributed by atoms with E-state index >= 15 is 4.39 Å². The first-order valence-electron chi connectivity index (χ1n) is 10.9. The molecule has 2 fully saturated rings. The number of hydrogen-bond acceptors (Lipinski definition) is 7. The van der Waals surface area contributed by atoms with E-state index in [2.05, 4.69) is 10.3 Å². The number of carbonyl (C=O) groups is 1. The summed E-state index contributed by atoms with van der Waals surface area (Å²) in [4.78, 5) is 15.5. The summed E-state index contributed by atoms with van der Waals surface area (Å²) in [7, 11) is -3.76. The first kappa shape index (κ1) is 23.2. The number of aromatic nitrogens is 3. The van der Waals surface area contributed by atoms with Crippen LogP contribution >= 0.6 is 0 Å². The van der Waals surface area contributed by atoms with Crippen molar-refractivity contribution < 1.29 is 26.7 Å². The van der Waals surface area contributed by atoms with Crippen molar-refractivity contribution in [2.45, 2.75) is 17.5 Å². The van der Waals surface area contributed by atoms with Gasteiger partial charge in [-0.05, 0) is 42.5 Å². The second-order valence-corrected chi connectivity index (χ2v) is 10.2. The Hall–Kier alpha value is -3.58. The van der Waals surface area contributed by atoms with E-state index in [0.717, 1.165) is 12.1 Å². The summed E-state index contributed by atoms with van der Waals surface area (Å²) in [6.07, 6.45) is 2.18. The molecule has 1 amide bonds. The van der Waals surface area contributed by atoms with E-state index in [0.29, 0.717) is 17.9 Å². The Morgan fingerprint density at radius 2 is 1.77 bits per heavy atom. The molecule has 1 aromatic heterocycles. The number of piperazine rings is 1. The van der Waals surface area contributed by atoms with Crippen LogP contribution in [0.2, 0.25) is 0 Å². The third-order valence-corrected chi connectivity index (χ3v) is 7.92. The number of rotatable bonds is 6. The van der Waals surface area contributed by atoms with E-state index in [4.69, 9.17) is 4.74 Å². The van der Waals surface area contributed by atoms with Gasteiger partial charge in [-0.2, -0.15) is 4.31 Å². The average molecular weight is 505 g/mol. The predicted octanol–water partition coefficient (Wildman–Crippen LogP) is 2.09. The molecule has 35 heavy (non-hydrogen) atoms. The zero-order valence-electron chi connectivity index (χ0n) is 18.5. The number of nitrogens with zero attached hydrogens (tertiary/aromatic N) is 6. The number of amides is 1. The minimum absolute atomic E-state index is 0.0162. The van der Waals surface area contributed by atoms with Crippen LogP contribution in [0.1, 0.15) is 0 Å². The van der Waals surface area contributed by atoms with Gasteiger partial charge in [0, 0.05) is 32.4 Å². The van der Waals surface area contributed by atoms with Gasteiger partial charge >= 0.3 is 6.09 Å². The standard InChI is InChI=1S/C22H22F2N6O4S/c23-16-1-4-19(5-2-16)35(32,33)29-11-9-27(10-12-29)21-6-3-17(13-20(21)24)30-15-18(34-22(30)31)14-28-8-7-25-26-28/h1-8,13,18H,9-12,14-15H2/t18-/m0/s1. The van der Waals surface area contributed by atoms with E-state index < -0.39 is 33.9 Å². The molecule has 5 rings (SSSR count). The van der Waals surface area contributed by atoms with E-state index in [9.17, 15) is 17.6 Å². The highest BCUT2D eigenvalue weighted by atomic mass is 32.2. The Labute approximate surface area is 200 Å². The number of anilines is 2. The fourth-order valence-corrected chi connectivity index (χ4v) is 5.63. The molecule has 2 aliphatic rings. The molecule has 0 aliphatic carbocycles. The number of sulfonamides is 1. The minimum Gasteiger partial charge on any atom is -0.442 e. The Morgan fingerprint density at radius 3 is 2.43 bits per heavy atom. The van der Waals surface area contributed by atoms with Crippen molar-refractivity contribution in [2.75, 3.05) is 42.5 Å². The summed E-state index contributed by atoms with van der Waals surface area (Å²) in [5, 5.41) is 7.57. The van der Waals surface area contributed by atoms with Crippen molar-refractivity contribution >= 4 is 27.5 Å². The van der Waals surface area contributed by atoms with Crippen LogP contribution < -0.4 is 9.80 Å². The summed E-state index contributed by atoms with van der Waals surface area (Å²) in [5.74, 6) is -1.04. The maximum Gasteiger partial charge on any atom is 0.414 e. The topological polar surface area (TPSA) is 101 Å². The SMILES string of the molecule is O=C1O[C@@H](Cn2ccnn2)CN1c1ccc(N2CCN(S(=O)(=O)c3ccc(F)cc3)CC2)c(F)c1. The lowest BCUT2D eigenvalue weighted by atomic mass is 10.2. The highest BCUT2D eigenvalue weighted by Gasteiger charge is 2.34. The number of carbonyl (C=O) groups excluding carboxylic acids is 1. The highest BCUT2D eigenvalue weighted by Crippen LogP contribution is 2.29. The van der Waals surface area contributed by atoms with Gasteiger partial charge < -0.3 is 9.64 Å². The molecular weight excluding hydrogens is 482 g/mol. The van der Waals surface area contributed by atoms with Crippen LogP contribution in [0.5, 0.6) is 0 Å². The molecule has 0 bridgehead atoms. The van der Waals surface area contributed by atoms with Gasteiger partial charge in [0.05, 0.1) is 35.6 Å². The largest absolute Gasteiger partial charge is 0.442 e. The van der Waals surface area contributed by atoms with Gasteiger partial charge in [-0.15, -0.1) is 5.10 Å². The average Bonchev–Trinajstić information content (AvgIpc) is 3.49. The zero-order valence-corrected chi connectivity index (χ0v) is 19.3. The quantitative estimate of drug-likeness (QED) is 0.507. The summed E-state index contributed by atoms with van der Waals surface area (Å²) in [6, 6.07) is 9.16. The number of cyclic esters (lactones) is 1. The number of ether oxygens (including phenoxy) is 1. The molecule has 10 nitrogen and oxygen atoms in total. The highest BCUT2D eigenvalue weighted by molar-refractivity contribution is 7.89. The Balaban J connectivity index is 1.23. The molecule has 0 radical (unpaired) electrons. The molecule has 0 saturated carbocycles. The van der Waals surface area contributed by atoms with Crippen LogP contribution in [0.4, 0.5) is 25.0 Å². The molecule has 0 unspecified atom stereocenters. The summed E-state index contributed by atoms with van der Waals surface area (Å²) in [6.45, 7) is 1.46. The number of halogens is 2. The van der Waals surface area contributed by atoms with Gasteiger partial charge in [0.2, 0.25) is 10.0 Å². The smallest absolute Gasteiger partial charge is 0.414 e. The van der Waals surface area contributed by atoms with Crippen LogP contribution in [-0.2, 0) is 21.3 Å². The molecule has 0 N–H and O–H groups in total. The summed E-state index contributed by atoms with van der Waals surface area (Å²) >= 11 is 0. The first-order chi connectivity index (χ1) is 16.8. The monoisotopic (exact) mass is 504 g/mol. The van der Waals surface area contributed by atoms with Gasteiger partial charge in [0.25, 0.3) is 0 Å². The number of hydrogen-bond donors (Lipinski definition) is 0. The lowest BCUT2D eigenvalue weighted by Crippen LogP contribution is -2.48. The maximum atomic E-state index is 15.0. The molecule has 13 heteroatoms. The van der Waals surface area contributed by atoms with E-state index in [-0.39, 0.29) is 37.6 Å². The van der Waals surface area contributed by atoms with Gasteiger partial charge in [-0.1, -0.05) is 5.21 Å². The molecule has 1 atom stereocenters. The Morgan fingerprint density at radius 1 is 1.03 bits per heavy atom. The van der Waals surface area contributed by atoms with Crippen molar-refractivity contribution in [1.29, 1.82) is 0 Å². The lowest BCUT2D eigenvalue weighted by molar-refractivity contribution is 0.129. The van der Waals surface area contributed by atoms with Gasteiger partial charge in [-0.25, -0.2) is 26.7 Å². The van der Waals surface area contributed by atoms with Crippen LogP contribution in [0.15, 0.2) is 59.8 Å². The normalized spacial score (nSPS) is 19.3. The van der Waals surface area contributed by atoms with Crippen LogP contribution in [0, 0.1) is 11.6 Å². The van der Waals surface area contributed by atoms with E-state index in [1.165, 1.54) is 33.6 Å². The molecule has 3 heterocycles. The molecule has 184 valence electrons. The fraction of sp³-hybridized carbons (Fsp3) is 0.318. The van der Waals surface area contributed by atoms with Gasteiger partial charge in [-0.3, -0.25) is 4.90 Å². The summed E-state index contributed by atoms with van der Waals surface area (Å²) in [5.41, 5.74) is 0.689.